The van der Waals surface area contributed by atoms with Crippen molar-refractivity contribution >= 4 is 20.0 Å². The van der Waals surface area contributed by atoms with Crippen LogP contribution in [0.3, 0.4) is 0 Å². The van der Waals surface area contributed by atoms with Gasteiger partial charge in [0.2, 0.25) is 20.0 Å². The van der Waals surface area contributed by atoms with Crippen LogP contribution in [-0.2, 0) is 20.0 Å². The molecule has 1 aliphatic rings. The first-order chi connectivity index (χ1) is 10.2. The number of aryl methyl sites for hydroxylation is 1. The maximum absolute atomic E-state index is 12.7. The molecule has 0 aromatic heterocycles. The fraction of sp³-hybridized carbons (Fsp3) is 0.538. The minimum atomic E-state index is -3.65. The van der Waals surface area contributed by atoms with Crippen LogP contribution in [-0.4, -0.2) is 47.3 Å². The second-order valence-electron chi connectivity index (χ2n) is 5.28. The van der Waals surface area contributed by atoms with E-state index in [9.17, 15) is 16.8 Å². The molecule has 9 heteroatoms. The molecule has 0 aliphatic carbocycles. The van der Waals surface area contributed by atoms with Crippen LogP contribution in [0.5, 0.6) is 0 Å². The van der Waals surface area contributed by atoms with Gasteiger partial charge < -0.3 is 5.73 Å². The fourth-order valence-electron chi connectivity index (χ4n) is 2.69. The Morgan fingerprint density at radius 2 is 2.00 bits per heavy atom. The van der Waals surface area contributed by atoms with Gasteiger partial charge >= 0.3 is 0 Å². The number of nitrogens with two attached hydrogens (primary N) is 1. The Hall–Kier alpha value is -1.00. The Kier molecular flexibility index (Phi) is 4.93. The van der Waals surface area contributed by atoms with E-state index in [1.165, 1.54) is 29.6 Å². The van der Waals surface area contributed by atoms with Crippen LogP contribution < -0.4 is 10.5 Å². The van der Waals surface area contributed by atoms with Crippen molar-refractivity contribution in [2.45, 2.75) is 35.6 Å². The molecule has 0 radical (unpaired) electrons. The van der Waals surface area contributed by atoms with E-state index in [1.54, 1.807) is 6.92 Å². The Morgan fingerprint density at radius 1 is 1.32 bits per heavy atom. The first-order valence-corrected chi connectivity index (χ1v) is 9.92. The third-order valence-corrected chi connectivity index (χ3v) is 7.43. The average Bonchev–Trinajstić information content (AvgIpc) is 2.96. The van der Waals surface area contributed by atoms with Crippen molar-refractivity contribution in [1.82, 2.24) is 9.03 Å². The molecule has 124 valence electrons. The summed E-state index contributed by atoms with van der Waals surface area (Å²) in [5, 5.41) is 0. The van der Waals surface area contributed by atoms with E-state index in [0.717, 1.165) is 12.8 Å². The molecular weight excluding hydrogens is 326 g/mol. The summed E-state index contributed by atoms with van der Waals surface area (Å²) >= 11 is 0. The number of nitrogens with zero attached hydrogens (tertiary/aromatic N) is 1. The molecule has 1 aliphatic heterocycles. The van der Waals surface area contributed by atoms with Crippen molar-refractivity contribution in [3.05, 3.63) is 23.8 Å². The molecule has 1 aromatic carbocycles. The minimum absolute atomic E-state index is 0.0748. The van der Waals surface area contributed by atoms with Crippen molar-refractivity contribution in [2.24, 2.45) is 5.73 Å². The highest BCUT2D eigenvalue weighted by atomic mass is 32.2. The Balaban J connectivity index is 2.44. The first-order valence-electron chi connectivity index (χ1n) is 7.00. The van der Waals surface area contributed by atoms with Crippen LogP contribution in [0.4, 0.5) is 0 Å². The van der Waals surface area contributed by atoms with Crippen LogP contribution in [0.15, 0.2) is 28.0 Å². The summed E-state index contributed by atoms with van der Waals surface area (Å²) in [4.78, 5) is 0.172. The number of benzene rings is 1. The van der Waals surface area contributed by atoms with Gasteiger partial charge in [-0.05, 0) is 50.6 Å². The Labute approximate surface area is 131 Å². The smallest absolute Gasteiger partial charge is 0.243 e. The molecule has 1 fully saturated rings. The summed E-state index contributed by atoms with van der Waals surface area (Å²) in [6, 6.07) is 3.86. The molecule has 0 spiro atoms. The summed E-state index contributed by atoms with van der Waals surface area (Å²) in [5.74, 6) is 0. The number of hydrogen-bond donors (Lipinski definition) is 2. The van der Waals surface area contributed by atoms with E-state index in [1.807, 2.05) is 0 Å². The number of sulfonamides is 2. The second-order valence-corrected chi connectivity index (χ2v) is 9.03. The molecule has 1 heterocycles. The van der Waals surface area contributed by atoms with Gasteiger partial charge in [0, 0.05) is 19.1 Å². The van der Waals surface area contributed by atoms with Gasteiger partial charge in [0.1, 0.15) is 0 Å². The molecule has 2 rings (SSSR count). The number of hydrogen-bond acceptors (Lipinski definition) is 5. The van der Waals surface area contributed by atoms with E-state index in [0.29, 0.717) is 12.1 Å². The minimum Gasteiger partial charge on any atom is -0.329 e. The van der Waals surface area contributed by atoms with Crippen LogP contribution in [0.25, 0.3) is 0 Å². The summed E-state index contributed by atoms with van der Waals surface area (Å²) in [6.07, 6.45) is 1.53. The zero-order valence-electron chi connectivity index (χ0n) is 12.6. The summed E-state index contributed by atoms with van der Waals surface area (Å²) in [7, 11) is -5.94. The Bertz CT molecular complexity index is 759. The lowest BCUT2D eigenvalue weighted by Gasteiger charge is -2.23. The lowest BCUT2D eigenvalue weighted by molar-refractivity contribution is 0.393. The lowest BCUT2D eigenvalue weighted by atomic mass is 10.2. The van der Waals surface area contributed by atoms with Gasteiger partial charge in [0.25, 0.3) is 0 Å². The monoisotopic (exact) mass is 347 g/mol. The van der Waals surface area contributed by atoms with Gasteiger partial charge in [0.05, 0.1) is 9.79 Å². The standard InChI is InChI=1S/C13H21N3O4S2/c1-10-8-12(5-6-13(10)21(17,18)15-2)22(19,20)16-7-3-4-11(16)9-14/h5-6,8,11,15H,3-4,7,9,14H2,1-2H3. The normalized spacial score (nSPS) is 20.4. The predicted molar refractivity (Wildman–Crippen MR) is 83.4 cm³/mol. The zero-order chi connectivity index (χ0) is 16.5. The summed E-state index contributed by atoms with van der Waals surface area (Å²) in [5.41, 5.74) is 6.02. The molecule has 7 nitrogen and oxygen atoms in total. The predicted octanol–water partition coefficient (Wildman–Crippen LogP) is 0.0149. The highest BCUT2D eigenvalue weighted by Crippen LogP contribution is 2.27. The van der Waals surface area contributed by atoms with E-state index in [-0.39, 0.29) is 22.4 Å². The van der Waals surface area contributed by atoms with Crippen molar-refractivity contribution in [1.29, 1.82) is 0 Å². The van der Waals surface area contributed by atoms with E-state index in [2.05, 4.69) is 4.72 Å². The average molecular weight is 347 g/mol. The lowest BCUT2D eigenvalue weighted by Crippen LogP contribution is -2.39. The number of nitrogens with one attached hydrogen (secondary N) is 1. The molecule has 1 aromatic rings. The third kappa shape index (κ3) is 3.04. The van der Waals surface area contributed by atoms with Gasteiger partial charge in [-0.3, -0.25) is 0 Å². The topological polar surface area (TPSA) is 110 Å². The first kappa shape index (κ1) is 17.4. The van der Waals surface area contributed by atoms with Gasteiger partial charge in [-0.15, -0.1) is 0 Å². The molecule has 0 amide bonds. The van der Waals surface area contributed by atoms with E-state index < -0.39 is 20.0 Å². The number of rotatable bonds is 5. The highest BCUT2D eigenvalue weighted by Gasteiger charge is 2.34. The van der Waals surface area contributed by atoms with Crippen molar-refractivity contribution < 1.29 is 16.8 Å². The largest absolute Gasteiger partial charge is 0.329 e. The molecule has 22 heavy (non-hydrogen) atoms. The SMILES string of the molecule is CNS(=O)(=O)c1ccc(S(=O)(=O)N2CCCC2CN)cc1C. The summed E-state index contributed by atoms with van der Waals surface area (Å²) in [6.45, 7) is 2.30. The maximum Gasteiger partial charge on any atom is 0.243 e. The van der Waals surface area contributed by atoms with Crippen LogP contribution >= 0.6 is 0 Å². The van der Waals surface area contributed by atoms with Crippen LogP contribution in [0.2, 0.25) is 0 Å². The van der Waals surface area contributed by atoms with Crippen LogP contribution in [0, 0.1) is 6.92 Å². The molecule has 1 saturated heterocycles. The van der Waals surface area contributed by atoms with E-state index >= 15 is 0 Å². The Morgan fingerprint density at radius 3 is 2.55 bits per heavy atom. The maximum atomic E-state index is 12.7. The molecule has 0 bridgehead atoms. The molecular formula is C13H21N3O4S2. The quantitative estimate of drug-likeness (QED) is 0.780. The molecule has 1 atom stereocenters. The highest BCUT2D eigenvalue weighted by molar-refractivity contribution is 7.89. The van der Waals surface area contributed by atoms with Crippen LogP contribution in [0.1, 0.15) is 18.4 Å². The van der Waals surface area contributed by atoms with Gasteiger partial charge in [-0.1, -0.05) is 0 Å². The molecule has 3 N–H and O–H groups in total. The van der Waals surface area contributed by atoms with Gasteiger partial charge in [-0.25, -0.2) is 21.6 Å². The van der Waals surface area contributed by atoms with Crippen molar-refractivity contribution in [3.63, 3.8) is 0 Å². The molecule has 0 saturated carbocycles. The zero-order valence-corrected chi connectivity index (χ0v) is 14.2. The fourth-order valence-corrected chi connectivity index (χ4v) is 5.43. The molecule has 1 unspecified atom stereocenters. The van der Waals surface area contributed by atoms with Gasteiger partial charge in [0.15, 0.2) is 0 Å². The second kappa shape index (κ2) is 6.25. The third-order valence-electron chi connectivity index (χ3n) is 3.91. The van der Waals surface area contributed by atoms with Gasteiger partial charge in [-0.2, -0.15) is 4.31 Å². The summed E-state index contributed by atoms with van der Waals surface area (Å²) < 4.78 is 52.7. The van der Waals surface area contributed by atoms with Crippen molar-refractivity contribution in [2.75, 3.05) is 20.1 Å². The van der Waals surface area contributed by atoms with Crippen molar-refractivity contribution in [3.8, 4) is 0 Å². The van der Waals surface area contributed by atoms with E-state index in [4.69, 9.17) is 5.73 Å².